The summed E-state index contributed by atoms with van der Waals surface area (Å²) < 4.78 is 0. The summed E-state index contributed by atoms with van der Waals surface area (Å²) in [6.07, 6.45) is 4.52. The first-order chi connectivity index (χ1) is 9.58. The molecule has 1 aliphatic rings. The van der Waals surface area contributed by atoms with Crippen LogP contribution in [0.3, 0.4) is 0 Å². The van der Waals surface area contributed by atoms with Crippen molar-refractivity contribution < 1.29 is 15.0 Å². The molecule has 0 radical (unpaired) electrons. The van der Waals surface area contributed by atoms with E-state index in [4.69, 9.17) is 0 Å². The number of piperidine rings is 1. The standard InChI is InChI=1S/C15H22N2O3/c1-17(9-7-11-4-2-3-8-16-11)15(20)13-10-12(18)5-6-14(13)19/h5-6,10-11,16,18-19H,2-4,7-9H2,1H3. The van der Waals surface area contributed by atoms with Gasteiger partial charge < -0.3 is 20.4 Å². The first-order valence-electron chi connectivity index (χ1n) is 7.09. The summed E-state index contributed by atoms with van der Waals surface area (Å²) in [6, 6.07) is 4.46. The zero-order valence-electron chi connectivity index (χ0n) is 11.8. The van der Waals surface area contributed by atoms with E-state index >= 15 is 0 Å². The molecule has 20 heavy (non-hydrogen) atoms. The summed E-state index contributed by atoms with van der Waals surface area (Å²) in [6.45, 7) is 1.68. The Hall–Kier alpha value is -1.75. The van der Waals surface area contributed by atoms with E-state index in [9.17, 15) is 15.0 Å². The average Bonchev–Trinajstić information content (AvgIpc) is 2.47. The Labute approximate surface area is 119 Å². The smallest absolute Gasteiger partial charge is 0.257 e. The molecule has 2 rings (SSSR count). The van der Waals surface area contributed by atoms with Crippen molar-refractivity contribution in [2.75, 3.05) is 20.1 Å². The van der Waals surface area contributed by atoms with Gasteiger partial charge >= 0.3 is 0 Å². The molecule has 1 unspecified atom stereocenters. The third-order valence-electron chi connectivity index (χ3n) is 3.78. The highest BCUT2D eigenvalue weighted by Gasteiger charge is 2.18. The van der Waals surface area contributed by atoms with Crippen molar-refractivity contribution in [2.24, 2.45) is 0 Å². The Balaban J connectivity index is 1.92. The van der Waals surface area contributed by atoms with E-state index in [1.807, 2.05) is 0 Å². The predicted octanol–water partition coefficient (Wildman–Crippen LogP) is 1.70. The number of phenols is 2. The van der Waals surface area contributed by atoms with Gasteiger partial charge in [0.25, 0.3) is 5.91 Å². The number of carbonyl (C=O) groups excluding carboxylic acids is 1. The molecule has 0 saturated carbocycles. The first-order valence-corrected chi connectivity index (χ1v) is 7.09. The van der Waals surface area contributed by atoms with E-state index in [-0.39, 0.29) is 23.0 Å². The van der Waals surface area contributed by atoms with Gasteiger partial charge in [0, 0.05) is 19.6 Å². The second kappa shape index (κ2) is 6.61. The number of hydrogen-bond donors (Lipinski definition) is 3. The highest BCUT2D eigenvalue weighted by Crippen LogP contribution is 2.23. The lowest BCUT2D eigenvalue weighted by molar-refractivity contribution is 0.0784. The summed E-state index contributed by atoms with van der Waals surface area (Å²) in [5.41, 5.74) is 0.143. The number of carbonyl (C=O) groups is 1. The number of phenolic OH excluding ortho intramolecular Hbond substituents is 2. The average molecular weight is 278 g/mol. The molecule has 3 N–H and O–H groups in total. The fraction of sp³-hybridized carbons (Fsp3) is 0.533. The maximum absolute atomic E-state index is 12.2. The fourth-order valence-electron chi connectivity index (χ4n) is 2.52. The number of nitrogens with zero attached hydrogens (tertiary/aromatic N) is 1. The molecule has 1 heterocycles. The summed E-state index contributed by atoms with van der Waals surface area (Å²) in [4.78, 5) is 13.8. The Morgan fingerprint density at radius 3 is 2.90 bits per heavy atom. The van der Waals surface area contributed by atoms with Gasteiger partial charge in [-0.15, -0.1) is 0 Å². The molecule has 0 aliphatic carbocycles. The molecule has 5 heteroatoms. The van der Waals surface area contributed by atoms with Crippen LogP contribution in [0.4, 0.5) is 0 Å². The van der Waals surface area contributed by atoms with Crippen LogP contribution in [0.15, 0.2) is 18.2 Å². The minimum absolute atomic E-state index is 0.0199. The molecule has 1 amide bonds. The molecule has 1 aromatic carbocycles. The number of rotatable bonds is 4. The second-order valence-corrected chi connectivity index (χ2v) is 5.36. The maximum Gasteiger partial charge on any atom is 0.257 e. The van der Waals surface area contributed by atoms with Crippen molar-refractivity contribution >= 4 is 5.91 Å². The largest absolute Gasteiger partial charge is 0.508 e. The van der Waals surface area contributed by atoms with Crippen molar-refractivity contribution in [1.29, 1.82) is 0 Å². The van der Waals surface area contributed by atoms with Gasteiger partial charge in [0.15, 0.2) is 0 Å². The minimum Gasteiger partial charge on any atom is -0.508 e. The first kappa shape index (κ1) is 14.7. The topological polar surface area (TPSA) is 72.8 Å². The van der Waals surface area contributed by atoms with Crippen LogP contribution in [0, 0.1) is 0 Å². The van der Waals surface area contributed by atoms with Crippen LogP contribution in [0.5, 0.6) is 11.5 Å². The molecule has 110 valence electrons. The third kappa shape index (κ3) is 3.63. The molecule has 1 aliphatic heterocycles. The van der Waals surface area contributed by atoms with Crippen LogP contribution in [-0.2, 0) is 0 Å². The van der Waals surface area contributed by atoms with Crippen molar-refractivity contribution in [3.05, 3.63) is 23.8 Å². The van der Waals surface area contributed by atoms with Gasteiger partial charge in [-0.05, 0) is 44.0 Å². The number of benzene rings is 1. The zero-order valence-corrected chi connectivity index (χ0v) is 11.8. The highest BCUT2D eigenvalue weighted by atomic mass is 16.3. The summed E-state index contributed by atoms with van der Waals surface area (Å²) in [7, 11) is 1.72. The minimum atomic E-state index is -0.269. The molecule has 1 saturated heterocycles. The Morgan fingerprint density at radius 1 is 1.40 bits per heavy atom. The van der Waals surface area contributed by atoms with Gasteiger partial charge in [0.05, 0.1) is 5.56 Å². The Kier molecular flexibility index (Phi) is 4.84. The van der Waals surface area contributed by atoms with E-state index in [1.54, 1.807) is 11.9 Å². The molecule has 1 atom stereocenters. The van der Waals surface area contributed by atoms with E-state index in [2.05, 4.69) is 5.32 Å². The molecule has 5 nitrogen and oxygen atoms in total. The SMILES string of the molecule is CN(CCC1CCCCN1)C(=O)c1cc(O)ccc1O. The summed E-state index contributed by atoms with van der Waals surface area (Å²) in [5.74, 6) is -0.391. The maximum atomic E-state index is 12.2. The molecule has 0 bridgehead atoms. The lowest BCUT2D eigenvalue weighted by Gasteiger charge is -2.26. The predicted molar refractivity (Wildman–Crippen MR) is 77.0 cm³/mol. The van der Waals surface area contributed by atoms with Crippen LogP contribution in [-0.4, -0.2) is 47.2 Å². The van der Waals surface area contributed by atoms with Crippen LogP contribution in [0.2, 0.25) is 0 Å². The molecule has 0 spiro atoms. The Morgan fingerprint density at radius 2 is 2.20 bits per heavy atom. The zero-order chi connectivity index (χ0) is 14.5. The molecular formula is C15H22N2O3. The summed E-state index contributed by atoms with van der Waals surface area (Å²) >= 11 is 0. The van der Waals surface area contributed by atoms with Gasteiger partial charge in [-0.1, -0.05) is 6.42 Å². The molecule has 1 aromatic rings. The lowest BCUT2D eigenvalue weighted by atomic mass is 10.0. The van der Waals surface area contributed by atoms with E-state index in [0.29, 0.717) is 12.6 Å². The van der Waals surface area contributed by atoms with Crippen molar-refractivity contribution in [3.8, 4) is 11.5 Å². The van der Waals surface area contributed by atoms with Crippen LogP contribution >= 0.6 is 0 Å². The van der Waals surface area contributed by atoms with Crippen LogP contribution < -0.4 is 5.32 Å². The fourth-order valence-corrected chi connectivity index (χ4v) is 2.52. The summed E-state index contributed by atoms with van der Waals surface area (Å²) in [5, 5.41) is 22.6. The molecule has 1 fully saturated rings. The highest BCUT2D eigenvalue weighted by molar-refractivity contribution is 5.97. The van der Waals surface area contributed by atoms with E-state index in [1.165, 1.54) is 31.0 Å². The van der Waals surface area contributed by atoms with Crippen LogP contribution in [0.1, 0.15) is 36.0 Å². The molecular weight excluding hydrogens is 256 g/mol. The van der Waals surface area contributed by atoms with Gasteiger partial charge in [0.2, 0.25) is 0 Å². The second-order valence-electron chi connectivity index (χ2n) is 5.36. The Bertz CT molecular complexity index is 470. The third-order valence-corrected chi connectivity index (χ3v) is 3.78. The van der Waals surface area contributed by atoms with E-state index in [0.717, 1.165) is 19.4 Å². The van der Waals surface area contributed by atoms with Gasteiger partial charge in [-0.3, -0.25) is 4.79 Å². The normalized spacial score (nSPS) is 18.8. The molecule has 0 aromatic heterocycles. The van der Waals surface area contributed by atoms with Crippen molar-refractivity contribution in [1.82, 2.24) is 10.2 Å². The van der Waals surface area contributed by atoms with Crippen molar-refractivity contribution in [2.45, 2.75) is 31.7 Å². The lowest BCUT2D eigenvalue weighted by Crippen LogP contribution is -2.38. The number of amides is 1. The quantitative estimate of drug-likeness (QED) is 0.733. The van der Waals surface area contributed by atoms with Gasteiger partial charge in [-0.25, -0.2) is 0 Å². The number of nitrogens with one attached hydrogen (secondary N) is 1. The number of hydrogen-bond acceptors (Lipinski definition) is 4. The van der Waals surface area contributed by atoms with Crippen molar-refractivity contribution in [3.63, 3.8) is 0 Å². The van der Waals surface area contributed by atoms with Gasteiger partial charge in [0.1, 0.15) is 11.5 Å². The number of aromatic hydroxyl groups is 2. The van der Waals surface area contributed by atoms with E-state index < -0.39 is 0 Å². The monoisotopic (exact) mass is 278 g/mol. The van der Waals surface area contributed by atoms with Crippen LogP contribution in [0.25, 0.3) is 0 Å². The van der Waals surface area contributed by atoms with Gasteiger partial charge in [-0.2, -0.15) is 0 Å².